The standard InChI is InChI=1S/C21H26N2O2/c1-4-14-23(18-8-6-5-7-9-18)15-20-16(2)25-21(22-20)17-10-12-19(24-3)13-11-17/h1,10-13,18H,5-9,14-15H2,2-3H3. The smallest absolute Gasteiger partial charge is 0.226 e. The molecule has 0 bridgehead atoms. The van der Waals surface area contributed by atoms with Gasteiger partial charge in [-0.05, 0) is 44.0 Å². The molecule has 25 heavy (non-hydrogen) atoms. The van der Waals surface area contributed by atoms with Gasteiger partial charge in [0.15, 0.2) is 0 Å². The molecule has 132 valence electrons. The molecular weight excluding hydrogens is 312 g/mol. The first-order valence-electron chi connectivity index (χ1n) is 8.99. The first-order valence-corrected chi connectivity index (χ1v) is 8.99. The Morgan fingerprint density at radius 3 is 2.60 bits per heavy atom. The summed E-state index contributed by atoms with van der Waals surface area (Å²) in [5.41, 5.74) is 1.93. The summed E-state index contributed by atoms with van der Waals surface area (Å²) in [5, 5.41) is 0. The van der Waals surface area contributed by atoms with E-state index in [0.717, 1.165) is 29.3 Å². The Morgan fingerprint density at radius 2 is 1.96 bits per heavy atom. The van der Waals surface area contributed by atoms with Gasteiger partial charge < -0.3 is 9.15 Å². The zero-order valence-corrected chi connectivity index (χ0v) is 15.1. The van der Waals surface area contributed by atoms with Crippen molar-refractivity contribution >= 4 is 0 Å². The molecule has 1 fully saturated rings. The molecule has 0 saturated heterocycles. The van der Waals surface area contributed by atoms with Crippen LogP contribution in [0.15, 0.2) is 28.7 Å². The van der Waals surface area contributed by atoms with Gasteiger partial charge in [-0.3, -0.25) is 4.90 Å². The van der Waals surface area contributed by atoms with Crippen molar-refractivity contribution in [1.29, 1.82) is 0 Å². The lowest BCUT2D eigenvalue weighted by Crippen LogP contribution is -2.36. The van der Waals surface area contributed by atoms with Gasteiger partial charge in [0.1, 0.15) is 11.5 Å². The summed E-state index contributed by atoms with van der Waals surface area (Å²) >= 11 is 0. The van der Waals surface area contributed by atoms with E-state index in [1.54, 1.807) is 7.11 Å². The molecule has 1 heterocycles. The van der Waals surface area contributed by atoms with Crippen LogP contribution in [0.25, 0.3) is 11.5 Å². The van der Waals surface area contributed by atoms with E-state index in [2.05, 4.69) is 10.8 Å². The lowest BCUT2D eigenvalue weighted by molar-refractivity contribution is 0.165. The average molecular weight is 338 g/mol. The summed E-state index contributed by atoms with van der Waals surface area (Å²) in [6, 6.07) is 8.33. The fraction of sp³-hybridized carbons (Fsp3) is 0.476. The number of terminal acetylenes is 1. The third kappa shape index (κ3) is 4.24. The molecule has 0 spiro atoms. The maximum Gasteiger partial charge on any atom is 0.226 e. The van der Waals surface area contributed by atoms with Gasteiger partial charge in [-0.25, -0.2) is 4.98 Å². The molecule has 0 N–H and O–H groups in total. The van der Waals surface area contributed by atoms with E-state index < -0.39 is 0 Å². The van der Waals surface area contributed by atoms with Gasteiger partial charge in [0.05, 0.1) is 19.3 Å². The van der Waals surface area contributed by atoms with Crippen LogP contribution in [0.4, 0.5) is 0 Å². The first-order chi connectivity index (χ1) is 12.2. The van der Waals surface area contributed by atoms with Gasteiger partial charge in [-0.1, -0.05) is 25.2 Å². The zero-order chi connectivity index (χ0) is 17.6. The third-order valence-electron chi connectivity index (χ3n) is 4.97. The van der Waals surface area contributed by atoms with Crippen molar-refractivity contribution in [2.45, 2.75) is 51.6 Å². The predicted octanol–water partition coefficient (Wildman–Crippen LogP) is 4.43. The summed E-state index contributed by atoms with van der Waals surface area (Å²) in [7, 11) is 1.66. The van der Waals surface area contributed by atoms with Crippen LogP contribution < -0.4 is 4.74 Å². The Labute approximate surface area is 150 Å². The van der Waals surface area contributed by atoms with Crippen molar-refractivity contribution < 1.29 is 9.15 Å². The summed E-state index contributed by atoms with van der Waals surface area (Å²) in [6.45, 7) is 3.39. The fourth-order valence-electron chi connectivity index (χ4n) is 3.50. The van der Waals surface area contributed by atoms with E-state index in [1.165, 1.54) is 32.1 Å². The van der Waals surface area contributed by atoms with Gasteiger partial charge in [0.2, 0.25) is 5.89 Å². The van der Waals surface area contributed by atoms with Crippen molar-refractivity contribution in [2.24, 2.45) is 0 Å². The van der Waals surface area contributed by atoms with Crippen molar-refractivity contribution in [1.82, 2.24) is 9.88 Å². The summed E-state index contributed by atoms with van der Waals surface area (Å²) in [6.07, 6.45) is 12.0. The van der Waals surface area contributed by atoms with Gasteiger partial charge in [-0.2, -0.15) is 0 Å². The highest BCUT2D eigenvalue weighted by atomic mass is 16.5. The first kappa shape index (κ1) is 17.6. The van der Waals surface area contributed by atoms with Crippen LogP contribution in [0.2, 0.25) is 0 Å². The predicted molar refractivity (Wildman–Crippen MR) is 99.3 cm³/mol. The molecule has 4 heteroatoms. The van der Waals surface area contributed by atoms with Crippen LogP contribution >= 0.6 is 0 Å². The van der Waals surface area contributed by atoms with Crippen molar-refractivity contribution in [2.75, 3.05) is 13.7 Å². The van der Waals surface area contributed by atoms with Gasteiger partial charge in [-0.15, -0.1) is 6.42 Å². The van der Waals surface area contributed by atoms with Crippen LogP contribution in [0, 0.1) is 19.3 Å². The Bertz CT molecular complexity index is 721. The normalized spacial score (nSPS) is 15.3. The van der Waals surface area contributed by atoms with E-state index in [-0.39, 0.29) is 0 Å². The number of ether oxygens (including phenoxy) is 1. The second-order valence-electron chi connectivity index (χ2n) is 6.65. The van der Waals surface area contributed by atoms with E-state index in [4.69, 9.17) is 20.6 Å². The van der Waals surface area contributed by atoms with E-state index >= 15 is 0 Å². The minimum atomic E-state index is 0.560. The molecule has 2 aromatic rings. The largest absolute Gasteiger partial charge is 0.497 e. The molecule has 1 aliphatic carbocycles. The third-order valence-corrected chi connectivity index (χ3v) is 4.97. The number of methoxy groups -OCH3 is 1. The second kappa shape index (κ2) is 8.22. The molecule has 3 rings (SSSR count). The minimum Gasteiger partial charge on any atom is -0.497 e. The highest BCUT2D eigenvalue weighted by Gasteiger charge is 2.23. The summed E-state index contributed by atoms with van der Waals surface area (Å²) < 4.78 is 11.1. The number of hydrogen-bond donors (Lipinski definition) is 0. The Balaban J connectivity index is 1.77. The Morgan fingerprint density at radius 1 is 1.24 bits per heavy atom. The SMILES string of the molecule is C#CCN(Cc1nc(-c2ccc(OC)cc2)oc1C)C1CCCCC1. The zero-order valence-electron chi connectivity index (χ0n) is 15.1. The number of oxazole rings is 1. The van der Waals surface area contributed by atoms with Crippen LogP contribution in [0.3, 0.4) is 0 Å². The summed E-state index contributed by atoms with van der Waals surface area (Å²) in [4.78, 5) is 7.11. The van der Waals surface area contributed by atoms with E-state index in [0.29, 0.717) is 18.5 Å². The molecule has 0 radical (unpaired) electrons. The molecule has 4 nitrogen and oxygen atoms in total. The lowest BCUT2D eigenvalue weighted by atomic mass is 9.94. The van der Waals surface area contributed by atoms with Gasteiger partial charge in [0, 0.05) is 18.2 Å². The highest BCUT2D eigenvalue weighted by molar-refractivity contribution is 5.55. The molecular formula is C21H26N2O2. The average Bonchev–Trinajstić information content (AvgIpc) is 3.03. The highest BCUT2D eigenvalue weighted by Crippen LogP contribution is 2.27. The number of hydrogen-bond acceptors (Lipinski definition) is 4. The van der Waals surface area contributed by atoms with E-state index in [1.807, 2.05) is 31.2 Å². The lowest BCUT2D eigenvalue weighted by Gasteiger charge is -2.32. The molecule has 0 aliphatic heterocycles. The Hall–Kier alpha value is -2.25. The maximum atomic E-state index is 5.91. The van der Waals surface area contributed by atoms with Crippen molar-refractivity contribution in [3.8, 4) is 29.5 Å². The van der Waals surface area contributed by atoms with Crippen LogP contribution in [-0.4, -0.2) is 29.6 Å². The molecule has 0 amide bonds. The molecule has 0 unspecified atom stereocenters. The van der Waals surface area contributed by atoms with Crippen LogP contribution in [0.1, 0.15) is 43.6 Å². The minimum absolute atomic E-state index is 0.560. The molecule has 1 saturated carbocycles. The summed E-state index contributed by atoms with van der Waals surface area (Å²) in [5.74, 6) is 5.15. The number of nitrogens with zero attached hydrogens (tertiary/aromatic N) is 2. The fourth-order valence-corrected chi connectivity index (χ4v) is 3.50. The van der Waals surface area contributed by atoms with Crippen molar-refractivity contribution in [3.63, 3.8) is 0 Å². The second-order valence-corrected chi connectivity index (χ2v) is 6.65. The Kier molecular flexibility index (Phi) is 5.78. The molecule has 1 aromatic heterocycles. The van der Waals surface area contributed by atoms with Crippen molar-refractivity contribution in [3.05, 3.63) is 35.7 Å². The van der Waals surface area contributed by atoms with Gasteiger partial charge >= 0.3 is 0 Å². The van der Waals surface area contributed by atoms with E-state index in [9.17, 15) is 0 Å². The molecule has 0 atom stereocenters. The monoisotopic (exact) mass is 338 g/mol. The number of rotatable bonds is 6. The van der Waals surface area contributed by atoms with Crippen LogP contribution in [-0.2, 0) is 6.54 Å². The van der Waals surface area contributed by atoms with Gasteiger partial charge in [0.25, 0.3) is 0 Å². The number of aromatic nitrogens is 1. The number of benzene rings is 1. The number of aryl methyl sites for hydroxylation is 1. The topological polar surface area (TPSA) is 38.5 Å². The maximum absolute atomic E-state index is 5.91. The molecule has 1 aromatic carbocycles. The quantitative estimate of drug-likeness (QED) is 0.731. The van der Waals surface area contributed by atoms with Crippen LogP contribution in [0.5, 0.6) is 5.75 Å². The molecule has 1 aliphatic rings.